The summed E-state index contributed by atoms with van der Waals surface area (Å²) >= 11 is 0. The number of quaternary nitrogens is 1. The molecule has 0 fully saturated rings. The minimum Gasteiger partial charge on any atom is -0.550 e. The van der Waals surface area contributed by atoms with Crippen LogP contribution in [0.5, 0.6) is 0 Å². The number of likely N-dealkylation sites (N-methyl/N-ethyl adjacent to an activating group) is 1. The molecule has 0 aromatic rings. The van der Waals surface area contributed by atoms with Crippen molar-refractivity contribution in [1.82, 2.24) is 0 Å². The van der Waals surface area contributed by atoms with Gasteiger partial charge in [-0.05, 0) is 0 Å². The smallest absolute Gasteiger partial charge is 0.371 e. The van der Waals surface area contributed by atoms with Gasteiger partial charge in [0.25, 0.3) is 0 Å². The van der Waals surface area contributed by atoms with Crippen molar-refractivity contribution in [3.63, 3.8) is 0 Å². The molecule has 1 atom stereocenters. The molecular formula is C10H19NO6. The summed E-state index contributed by atoms with van der Waals surface area (Å²) in [6.45, 7) is 1.43. The third-order valence-corrected chi connectivity index (χ3v) is 1.46. The highest BCUT2D eigenvalue weighted by Crippen LogP contribution is 1.97. The molecule has 0 saturated carbocycles. The number of aliphatic hydroxyl groups excluding tert-OH is 1. The Hall–Kier alpha value is -1.47. The molecule has 7 nitrogen and oxygen atoms in total. The van der Waals surface area contributed by atoms with E-state index in [0.717, 1.165) is 6.92 Å². The summed E-state index contributed by atoms with van der Waals surface area (Å²) in [5.74, 6) is -3.41. The van der Waals surface area contributed by atoms with Crippen molar-refractivity contribution in [2.75, 3.05) is 27.7 Å². The lowest BCUT2D eigenvalue weighted by Crippen LogP contribution is -2.43. The number of carboxylic acid groups (broad SMARTS) is 2. The standard InChI is InChI=1S/C7H15NO3.C3H4O3/c1-8(2,3)5-6(9)4-7(10)11;1-2(4)3(5)6/h6,9H,4-5H2,1-3H3;1H3,(H,5,6)/t6-;/m1./s1. The zero-order valence-electron chi connectivity index (χ0n) is 10.5. The third kappa shape index (κ3) is 17.2. The first kappa shape index (κ1) is 17.9. The topological polar surface area (TPSA) is 115 Å². The number of aliphatic carboxylic acids is 2. The van der Waals surface area contributed by atoms with Crippen LogP contribution < -0.4 is 5.11 Å². The zero-order chi connectivity index (χ0) is 14.2. The molecule has 0 spiro atoms. The van der Waals surface area contributed by atoms with Crippen LogP contribution in [0, 0.1) is 0 Å². The molecule has 0 radical (unpaired) electrons. The van der Waals surface area contributed by atoms with Crippen LogP contribution in [0.15, 0.2) is 0 Å². The molecule has 7 heteroatoms. The summed E-state index contributed by atoms with van der Waals surface area (Å²) in [6.07, 6.45) is -1.09. The van der Waals surface area contributed by atoms with Crippen molar-refractivity contribution in [3.05, 3.63) is 0 Å². The van der Waals surface area contributed by atoms with Gasteiger partial charge < -0.3 is 24.6 Å². The maximum absolute atomic E-state index is 10.0. The van der Waals surface area contributed by atoms with Crippen molar-refractivity contribution < 1.29 is 34.2 Å². The van der Waals surface area contributed by atoms with E-state index in [0.29, 0.717) is 11.0 Å². The minimum atomic E-state index is -1.38. The maximum Gasteiger partial charge on any atom is 0.371 e. The average Bonchev–Trinajstić information content (AvgIpc) is 1.98. The van der Waals surface area contributed by atoms with E-state index < -0.39 is 23.8 Å². The van der Waals surface area contributed by atoms with E-state index in [4.69, 9.17) is 10.2 Å². The Morgan fingerprint density at radius 1 is 1.24 bits per heavy atom. The molecule has 17 heavy (non-hydrogen) atoms. The summed E-state index contributed by atoms with van der Waals surface area (Å²) in [6, 6.07) is 0. The van der Waals surface area contributed by atoms with Gasteiger partial charge in [-0.2, -0.15) is 0 Å². The molecule has 0 aromatic carbocycles. The van der Waals surface area contributed by atoms with Gasteiger partial charge >= 0.3 is 5.97 Å². The monoisotopic (exact) mass is 249 g/mol. The second-order valence-electron chi connectivity index (χ2n) is 4.56. The number of carbonyl (C=O) groups is 3. The Bertz CT molecular complexity index is 269. The predicted octanol–water partition coefficient (Wildman–Crippen LogP) is -2.15. The van der Waals surface area contributed by atoms with E-state index in [-0.39, 0.29) is 6.42 Å². The van der Waals surface area contributed by atoms with Crippen LogP contribution in [-0.4, -0.2) is 66.2 Å². The minimum absolute atomic E-state index is 0.282. The molecule has 0 amide bonds. The number of hydrogen-bond acceptors (Lipinski definition) is 5. The number of nitrogens with zero attached hydrogens (tertiary/aromatic N) is 1. The number of rotatable bonds is 5. The second kappa shape index (κ2) is 7.75. The highest BCUT2D eigenvalue weighted by atomic mass is 16.4. The predicted molar refractivity (Wildman–Crippen MR) is 56.8 cm³/mol. The Kier molecular flexibility index (Phi) is 8.16. The molecule has 0 unspecified atom stereocenters. The lowest BCUT2D eigenvalue weighted by molar-refractivity contribution is -0.873. The fraction of sp³-hybridized carbons (Fsp3) is 0.700. The Morgan fingerprint density at radius 3 is 1.76 bits per heavy atom. The number of hydrogen-bond donors (Lipinski definition) is 2. The van der Waals surface area contributed by atoms with Gasteiger partial charge in [-0.3, -0.25) is 4.79 Å². The molecule has 0 bridgehead atoms. The Balaban J connectivity index is 0. The summed E-state index contributed by atoms with van der Waals surface area (Å²) < 4.78 is 0.550. The molecule has 100 valence electrons. The molecular weight excluding hydrogens is 230 g/mol. The van der Waals surface area contributed by atoms with Crippen molar-refractivity contribution in [1.29, 1.82) is 0 Å². The normalized spacial score (nSPS) is 12.1. The van der Waals surface area contributed by atoms with Crippen molar-refractivity contribution >= 4 is 17.7 Å². The van der Waals surface area contributed by atoms with E-state index in [1.165, 1.54) is 0 Å². The first-order valence-electron chi connectivity index (χ1n) is 4.88. The lowest BCUT2D eigenvalue weighted by atomic mass is 10.2. The van der Waals surface area contributed by atoms with Crippen LogP contribution >= 0.6 is 0 Å². The van der Waals surface area contributed by atoms with Gasteiger partial charge in [-0.25, -0.2) is 4.79 Å². The van der Waals surface area contributed by atoms with Crippen LogP contribution in [-0.2, 0) is 14.4 Å². The maximum atomic E-state index is 10.0. The summed E-state index contributed by atoms with van der Waals surface area (Å²) in [5.41, 5.74) is 0. The molecule has 0 aliphatic carbocycles. The first-order chi connectivity index (χ1) is 7.45. The van der Waals surface area contributed by atoms with Crippen molar-refractivity contribution in [2.45, 2.75) is 19.4 Å². The van der Waals surface area contributed by atoms with Crippen LogP contribution in [0.1, 0.15) is 13.3 Å². The van der Waals surface area contributed by atoms with Gasteiger partial charge in [-0.15, -0.1) is 0 Å². The number of Topliss-reactive ketones (excluding diaryl/α,β-unsaturated/α-hetero) is 1. The van der Waals surface area contributed by atoms with E-state index in [1.54, 1.807) is 0 Å². The van der Waals surface area contributed by atoms with Gasteiger partial charge in [0, 0.05) is 19.3 Å². The average molecular weight is 249 g/mol. The molecule has 0 heterocycles. The molecule has 0 aliphatic heterocycles. The van der Waals surface area contributed by atoms with Gasteiger partial charge in [0.2, 0.25) is 5.78 Å². The number of carboxylic acids is 2. The van der Waals surface area contributed by atoms with Crippen LogP contribution in [0.3, 0.4) is 0 Å². The van der Waals surface area contributed by atoms with Crippen LogP contribution in [0.4, 0.5) is 0 Å². The van der Waals surface area contributed by atoms with Crippen LogP contribution in [0.25, 0.3) is 0 Å². The summed E-state index contributed by atoms with van der Waals surface area (Å²) in [4.78, 5) is 28.9. The second-order valence-corrected chi connectivity index (χ2v) is 4.56. The van der Waals surface area contributed by atoms with Gasteiger partial charge in [0.15, 0.2) is 0 Å². The Morgan fingerprint density at radius 2 is 1.59 bits per heavy atom. The highest BCUT2D eigenvalue weighted by Gasteiger charge is 2.14. The lowest BCUT2D eigenvalue weighted by Gasteiger charge is -2.26. The molecule has 0 aliphatic rings. The van der Waals surface area contributed by atoms with Gasteiger partial charge in [0.1, 0.15) is 12.6 Å². The summed E-state index contributed by atoms with van der Waals surface area (Å²) in [5, 5.41) is 26.8. The highest BCUT2D eigenvalue weighted by molar-refractivity contribution is 6.31. The SMILES string of the molecule is CC(=O)C(=O)O.C[N+](C)(C)C[C@H](O)CC(=O)[O-]. The van der Waals surface area contributed by atoms with Crippen LogP contribution in [0.2, 0.25) is 0 Å². The van der Waals surface area contributed by atoms with E-state index in [1.807, 2.05) is 21.1 Å². The Labute approximate surface area is 99.9 Å². The summed E-state index contributed by atoms with van der Waals surface area (Å²) in [7, 11) is 5.66. The first-order valence-corrected chi connectivity index (χ1v) is 4.88. The molecule has 0 rings (SSSR count). The zero-order valence-corrected chi connectivity index (χ0v) is 10.5. The van der Waals surface area contributed by atoms with Crippen molar-refractivity contribution in [3.8, 4) is 0 Å². The quantitative estimate of drug-likeness (QED) is 0.424. The number of ketones is 1. The third-order valence-electron chi connectivity index (χ3n) is 1.46. The van der Waals surface area contributed by atoms with Crippen molar-refractivity contribution in [2.24, 2.45) is 0 Å². The largest absolute Gasteiger partial charge is 0.550 e. The fourth-order valence-corrected chi connectivity index (χ4v) is 0.889. The van der Waals surface area contributed by atoms with E-state index >= 15 is 0 Å². The fourth-order valence-electron chi connectivity index (χ4n) is 0.889. The van der Waals surface area contributed by atoms with Gasteiger partial charge in [-0.1, -0.05) is 0 Å². The van der Waals surface area contributed by atoms with Gasteiger partial charge in [0.05, 0.1) is 21.1 Å². The number of aliphatic hydroxyl groups is 1. The molecule has 0 saturated heterocycles. The van der Waals surface area contributed by atoms with E-state index in [2.05, 4.69) is 0 Å². The number of carbonyl (C=O) groups excluding carboxylic acids is 2. The van der Waals surface area contributed by atoms with E-state index in [9.17, 15) is 19.5 Å². The molecule has 2 N–H and O–H groups in total. The molecule has 0 aromatic heterocycles.